The highest BCUT2D eigenvalue weighted by molar-refractivity contribution is 7.99. The van der Waals surface area contributed by atoms with Crippen molar-refractivity contribution in [2.75, 3.05) is 76.2 Å². The van der Waals surface area contributed by atoms with E-state index in [0.29, 0.717) is 30.5 Å². The summed E-state index contributed by atoms with van der Waals surface area (Å²) in [7, 11) is 4.11. The SMILES string of the molecule is CO[C@@H]1CCSC1.CO[C@H]1CCOC1.CO[C@H]1CCS(=O)(=O)C1.CO[C@H]1CCSC1. The molecular formula is C20H40O7S3. The maximum Gasteiger partial charge on any atom is 0.152 e. The molecule has 0 radical (unpaired) electrons. The van der Waals surface area contributed by atoms with E-state index in [9.17, 15) is 8.42 Å². The van der Waals surface area contributed by atoms with Gasteiger partial charge in [0.1, 0.15) is 0 Å². The molecule has 4 aliphatic rings. The average Bonchev–Trinajstić information content (AvgIpc) is 3.57. The van der Waals surface area contributed by atoms with Crippen molar-refractivity contribution in [3.05, 3.63) is 0 Å². The van der Waals surface area contributed by atoms with Crippen molar-refractivity contribution in [3.63, 3.8) is 0 Å². The Morgan fingerprint density at radius 1 is 0.733 bits per heavy atom. The van der Waals surface area contributed by atoms with Crippen LogP contribution in [0.4, 0.5) is 0 Å². The quantitative estimate of drug-likeness (QED) is 0.593. The smallest absolute Gasteiger partial charge is 0.152 e. The van der Waals surface area contributed by atoms with Crippen LogP contribution in [0.25, 0.3) is 0 Å². The van der Waals surface area contributed by atoms with Crippen LogP contribution >= 0.6 is 23.5 Å². The third kappa shape index (κ3) is 13.1. The molecule has 0 spiro atoms. The molecular weight excluding hydrogens is 448 g/mol. The summed E-state index contributed by atoms with van der Waals surface area (Å²) in [5.74, 6) is 5.50. The van der Waals surface area contributed by atoms with Crippen LogP contribution in [0.2, 0.25) is 0 Å². The van der Waals surface area contributed by atoms with E-state index >= 15 is 0 Å². The minimum absolute atomic E-state index is 0.0463. The second kappa shape index (κ2) is 17.0. The highest BCUT2D eigenvalue weighted by Gasteiger charge is 2.27. The summed E-state index contributed by atoms with van der Waals surface area (Å²) in [5, 5.41) is 0. The molecule has 0 amide bonds. The third-order valence-electron chi connectivity index (χ3n) is 5.19. The molecule has 0 aromatic carbocycles. The van der Waals surface area contributed by atoms with Crippen molar-refractivity contribution >= 4 is 33.4 Å². The predicted molar refractivity (Wildman–Crippen MR) is 126 cm³/mol. The van der Waals surface area contributed by atoms with Crippen molar-refractivity contribution in [1.29, 1.82) is 0 Å². The molecule has 0 saturated carbocycles. The van der Waals surface area contributed by atoms with Crippen LogP contribution in [0.15, 0.2) is 0 Å². The first-order valence-corrected chi connectivity index (χ1v) is 14.6. The minimum Gasteiger partial charge on any atom is -0.381 e. The summed E-state index contributed by atoms with van der Waals surface area (Å²) >= 11 is 3.96. The summed E-state index contributed by atoms with van der Waals surface area (Å²) in [6.45, 7) is 1.66. The lowest BCUT2D eigenvalue weighted by Gasteiger charge is -2.01. The van der Waals surface area contributed by atoms with Crippen LogP contribution < -0.4 is 0 Å². The van der Waals surface area contributed by atoms with Gasteiger partial charge in [0, 0.05) is 46.6 Å². The number of rotatable bonds is 4. The molecule has 4 saturated heterocycles. The molecule has 4 heterocycles. The Kier molecular flexibility index (Phi) is 16.1. The Labute approximate surface area is 191 Å². The summed E-state index contributed by atoms with van der Waals surface area (Å²) in [4.78, 5) is 0. The van der Waals surface area contributed by atoms with Crippen molar-refractivity contribution in [2.45, 2.75) is 50.1 Å². The van der Waals surface area contributed by atoms with E-state index in [0.717, 1.165) is 19.6 Å². The second-order valence-corrected chi connectivity index (χ2v) is 12.0. The molecule has 4 fully saturated rings. The van der Waals surface area contributed by atoms with Gasteiger partial charge in [-0.05, 0) is 37.2 Å². The first-order valence-electron chi connectivity index (χ1n) is 10.5. The van der Waals surface area contributed by atoms with Gasteiger partial charge >= 0.3 is 0 Å². The average molecular weight is 489 g/mol. The molecule has 7 nitrogen and oxygen atoms in total. The maximum atomic E-state index is 10.7. The van der Waals surface area contributed by atoms with Gasteiger partial charge in [-0.3, -0.25) is 0 Å². The molecule has 180 valence electrons. The van der Waals surface area contributed by atoms with Crippen molar-refractivity contribution in [1.82, 2.24) is 0 Å². The Bertz CT molecular complexity index is 462. The molecule has 0 aromatic rings. The van der Waals surface area contributed by atoms with Crippen LogP contribution in [0, 0.1) is 0 Å². The summed E-state index contributed by atoms with van der Waals surface area (Å²) in [6, 6.07) is 0. The van der Waals surface area contributed by atoms with Gasteiger partial charge in [0.25, 0.3) is 0 Å². The van der Waals surface area contributed by atoms with Crippen LogP contribution in [-0.4, -0.2) is 109 Å². The van der Waals surface area contributed by atoms with Gasteiger partial charge in [0.2, 0.25) is 0 Å². The first-order chi connectivity index (χ1) is 14.4. The molecule has 0 N–H and O–H groups in total. The van der Waals surface area contributed by atoms with E-state index < -0.39 is 9.84 Å². The number of sulfone groups is 1. The molecule has 0 aliphatic carbocycles. The molecule has 4 aliphatic heterocycles. The van der Waals surface area contributed by atoms with Gasteiger partial charge in [-0.25, -0.2) is 8.42 Å². The third-order valence-corrected chi connectivity index (χ3v) is 9.19. The normalized spacial score (nSPS) is 31.7. The largest absolute Gasteiger partial charge is 0.381 e. The Balaban J connectivity index is 0.000000201. The predicted octanol–water partition coefficient (Wildman–Crippen LogP) is 2.52. The van der Waals surface area contributed by atoms with Gasteiger partial charge in [-0.2, -0.15) is 23.5 Å². The van der Waals surface area contributed by atoms with Crippen LogP contribution in [0.3, 0.4) is 0 Å². The highest BCUT2D eigenvalue weighted by atomic mass is 32.2. The number of hydrogen-bond donors (Lipinski definition) is 0. The van der Waals surface area contributed by atoms with Crippen molar-refractivity contribution in [2.24, 2.45) is 0 Å². The van der Waals surface area contributed by atoms with E-state index in [2.05, 4.69) is 0 Å². The second-order valence-electron chi connectivity index (χ2n) is 7.42. The van der Waals surface area contributed by atoms with Crippen molar-refractivity contribution in [3.8, 4) is 0 Å². The number of hydrogen-bond acceptors (Lipinski definition) is 9. The minimum atomic E-state index is -2.73. The van der Waals surface area contributed by atoms with Gasteiger partial charge < -0.3 is 23.7 Å². The molecule has 4 rings (SSSR count). The van der Waals surface area contributed by atoms with E-state index in [4.69, 9.17) is 23.7 Å². The highest BCUT2D eigenvalue weighted by Crippen LogP contribution is 2.19. The number of ether oxygens (including phenoxy) is 5. The fraction of sp³-hybridized carbons (Fsp3) is 1.00. The molecule has 0 unspecified atom stereocenters. The van der Waals surface area contributed by atoms with Crippen LogP contribution in [0.1, 0.15) is 25.7 Å². The zero-order chi connectivity index (χ0) is 22.2. The Hall–Kier alpha value is 0.450. The summed E-state index contributed by atoms with van der Waals surface area (Å²) in [6.07, 6.45) is 5.68. The van der Waals surface area contributed by atoms with Gasteiger partial charge in [0.15, 0.2) is 9.84 Å². The topological polar surface area (TPSA) is 80.3 Å². The maximum absolute atomic E-state index is 10.7. The number of methoxy groups -OCH3 is 4. The van der Waals surface area contributed by atoms with Gasteiger partial charge in [0.05, 0.1) is 42.5 Å². The molecule has 30 heavy (non-hydrogen) atoms. The summed E-state index contributed by atoms with van der Waals surface area (Å²) in [5.41, 5.74) is 0. The van der Waals surface area contributed by atoms with E-state index in [1.807, 2.05) is 23.5 Å². The Morgan fingerprint density at radius 3 is 1.47 bits per heavy atom. The lowest BCUT2D eigenvalue weighted by atomic mass is 10.3. The molecule has 4 atom stereocenters. The molecule has 0 bridgehead atoms. The van der Waals surface area contributed by atoms with E-state index in [-0.39, 0.29) is 11.9 Å². The first kappa shape index (κ1) is 28.5. The summed E-state index contributed by atoms with van der Waals surface area (Å²) < 4.78 is 46.5. The van der Waals surface area contributed by atoms with E-state index in [1.165, 1.54) is 35.9 Å². The fourth-order valence-corrected chi connectivity index (χ4v) is 7.02. The lowest BCUT2D eigenvalue weighted by molar-refractivity contribution is 0.0822. The number of thioether (sulfide) groups is 2. The molecule has 10 heteroatoms. The van der Waals surface area contributed by atoms with Gasteiger partial charge in [-0.15, -0.1) is 0 Å². The Morgan fingerprint density at radius 2 is 1.27 bits per heavy atom. The lowest BCUT2D eigenvalue weighted by Crippen LogP contribution is -2.11. The van der Waals surface area contributed by atoms with Crippen molar-refractivity contribution < 1.29 is 32.1 Å². The monoisotopic (exact) mass is 488 g/mol. The zero-order valence-electron chi connectivity index (χ0n) is 18.9. The molecule has 0 aromatic heterocycles. The zero-order valence-corrected chi connectivity index (χ0v) is 21.3. The van der Waals surface area contributed by atoms with Crippen LogP contribution in [0.5, 0.6) is 0 Å². The standard InChI is InChI=1S/C5H10O3S.C5H10O2.2C5H10OS/c1-8-5-2-3-9(6,7)4-5;3*1-6-5-2-3-7-4-5/h5H,2-4H2,1H3;3*5H,2-4H2,1H3/t4*5-/m0010/s1. The van der Waals surface area contributed by atoms with Crippen LogP contribution in [-0.2, 0) is 33.5 Å². The van der Waals surface area contributed by atoms with Gasteiger partial charge in [-0.1, -0.05) is 0 Å². The fourth-order valence-electron chi connectivity index (χ4n) is 3.04. The van der Waals surface area contributed by atoms with E-state index in [1.54, 1.807) is 28.4 Å².